The molecule has 1 heterocycles. The molecule has 1 aromatic rings. The largest absolute Gasteiger partial charge is 0.370 e. The number of hydrogen-bond acceptors (Lipinski definition) is 5. The lowest BCUT2D eigenvalue weighted by Crippen LogP contribution is -2.24. The number of anilines is 2. The maximum atomic E-state index is 5.47. The van der Waals surface area contributed by atoms with Gasteiger partial charge in [0.05, 0.1) is 0 Å². The van der Waals surface area contributed by atoms with Crippen molar-refractivity contribution in [2.45, 2.75) is 33.6 Å². The van der Waals surface area contributed by atoms with Crippen LogP contribution in [0.3, 0.4) is 0 Å². The molecule has 0 aliphatic heterocycles. The molecular formula is C14H27N5. The van der Waals surface area contributed by atoms with Gasteiger partial charge in [-0.3, -0.25) is 0 Å². The first-order valence-corrected chi connectivity index (χ1v) is 6.89. The molecule has 0 fully saturated rings. The molecule has 19 heavy (non-hydrogen) atoms. The van der Waals surface area contributed by atoms with E-state index in [1.807, 2.05) is 6.07 Å². The average molecular weight is 265 g/mol. The minimum atomic E-state index is 0.337. The smallest absolute Gasteiger partial charge is 0.133 e. The van der Waals surface area contributed by atoms with E-state index in [1.165, 1.54) is 0 Å². The van der Waals surface area contributed by atoms with Crippen LogP contribution in [0, 0.1) is 5.41 Å². The van der Waals surface area contributed by atoms with Crippen LogP contribution in [0.5, 0.6) is 0 Å². The quantitative estimate of drug-likeness (QED) is 0.739. The van der Waals surface area contributed by atoms with Crippen molar-refractivity contribution < 1.29 is 0 Å². The number of hydrogen-bond donors (Lipinski definition) is 2. The standard InChI is InChI=1S/C14H27N5/c1-14(2,3)6-9-19(4)13-10-12(17-11-18-13)16-8-5-7-15/h10-11H,5-9,15H2,1-4H3,(H,16,17,18). The number of aromatic nitrogens is 2. The van der Waals surface area contributed by atoms with Crippen LogP contribution in [0.1, 0.15) is 33.6 Å². The van der Waals surface area contributed by atoms with Crippen LogP contribution in [0.4, 0.5) is 11.6 Å². The molecule has 5 nitrogen and oxygen atoms in total. The molecule has 0 spiro atoms. The van der Waals surface area contributed by atoms with E-state index >= 15 is 0 Å². The van der Waals surface area contributed by atoms with Crippen molar-refractivity contribution in [1.82, 2.24) is 9.97 Å². The van der Waals surface area contributed by atoms with E-state index in [0.717, 1.165) is 37.6 Å². The highest BCUT2D eigenvalue weighted by atomic mass is 15.2. The van der Waals surface area contributed by atoms with E-state index in [4.69, 9.17) is 5.73 Å². The lowest BCUT2D eigenvalue weighted by Gasteiger charge is -2.24. The topological polar surface area (TPSA) is 67.1 Å². The van der Waals surface area contributed by atoms with E-state index in [9.17, 15) is 0 Å². The van der Waals surface area contributed by atoms with Crippen LogP contribution in [0.2, 0.25) is 0 Å². The second-order valence-electron chi connectivity index (χ2n) is 6.06. The molecule has 0 saturated carbocycles. The molecule has 3 N–H and O–H groups in total. The molecule has 0 bridgehead atoms. The highest BCUT2D eigenvalue weighted by Crippen LogP contribution is 2.20. The second kappa shape index (κ2) is 7.28. The summed E-state index contributed by atoms with van der Waals surface area (Å²) in [5.41, 5.74) is 5.81. The Labute approximate surface area is 116 Å². The zero-order valence-electron chi connectivity index (χ0n) is 12.6. The Morgan fingerprint density at radius 1 is 1.32 bits per heavy atom. The van der Waals surface area contributed by atoms with Gasteiger partial charge in [0.25, 0.3) is 0 Å². The maximum Gasteiger partial charge on any atom is 0.133 e. The van der Waals surface area contributed by atoms with Crippen molar-refractivity contribution in [2.24, 2.45) is 11.1 Å². The summed E-state index contributed by atoms with van der Waals surface area (Å²) < 4.78 is 0. The minimum Gasteiger partial charge on any atom is -0.370 e. The molecule has 0 unspecified atom stereocenters. The summed E-state index contributed by atoms with van der Waals surface area (Å²) >= 11 is 0. The van der Waals surface area contributed by atoms with Gasteiger partial charge >= 0.3 is 0 Å². The van der Waals surface area contributed by atoms with Crippen LogP contribution < -0.4 is 16.0 Å². The molecule has 0 aromatic carbocycles. The number of rotatable bonds is 7. The molecule has 0 radical (unpaired) electrons. The molecular weight excluding hydrogens is 238 g/mol. The summed E-state index contributed by atoms with van der Waals surface area (Å²) in [4.78, 5) is 10.7. The molecule has 0 aliphatic carbocycles. The third-order valence-electron chi connectivity index (χ3n) is 2.93. The van der Waals surface area contributed by atoms with Gasteiger partial charge in [-0.25, -0.2) is 9.97 Å². The first-order valence-electron chi connectivity index (χ1n) is 6.89. The van der Waals surface area contributed by atoms with E-state index in [0.29, 0.717) is 12.0 Å². The predicted molar refractivity (Wildman–Crippen MR) is 81.5 cm³/mol. The first-order chi connectivity index (χ1) is 8.92. The third-order valence-corrected chi connectivity index (χ3v) is 2.93. The zero-order valence-corrected chi connectivity index (χ0v) is 12.6. The normalized spacial score (nSPS) is 11.4. The number of nitrogens with zero attached hydrogens (tertiary/aromatic N) is 3. The van der Waals surface area contributed by atoms with Gasteiger partial charge in [-0.05, 0) is 24.8 Å². The van der Waals surface area contributed by atoms with Gasteiger partial charge in [0.1, 0.15) is 18.0 Å². The Kier molecular flexibility index (Phi) is 6.02. The van der Waals surface area contributed by atoms with Crippen molar-refractivity contribution >= 4 is 11.6 Å². The second-order valence-corrected chi connectivity index (χ2v) is 6.06. The lowest BCUT2D eigenvalue weighted by molar-refractivity contribution is 0.381. The van der Waals surface area contributed by atoms with Crippen molar-refractivity contribution in [3.63, 3.8) is 0 Å². The van der Waals surface area contributed by atoms with Gasteiger partial charge in [0.15, 0.2) is 0 Å². The van der Waals surface area contributed by atoms with Gasteiger partial charge in [-0.1, -0.05) is 20.8 Å². The fourth-order valence-corrected chi connectivity index (χ4v) is 1.59. The van der Waals surface area contributed by atoms with E-state index in [-0.39, 0.29) is 0 Å². The highest BCUT2D eigenvalue weighted by molar-refractivity contribution is 5.47. The molecule has 108 valence electrons. The monoisotopic (exact) mass is 265 g/mol. The third kappa shape index (κ3) is 6.38. The van der Waals surface area contributed by atoms with Crippen molar-refractivity contribution in [1.29, 1.82) is 0 Å². The van der Waals surface area contributed by atoms with Gasteiger partial charge < -0.3 is 16.0 Å². The van der Waals surface area contributed by atoms with Crippen molar-refractivity contribution in [3.05, 3.63) is 12.4 Å². The molecule has 0 amide bonds. The fraction of sp³-hybridized carbons (Fsp3) is 0.714. The van der Waals surface area contributed by atoms with Crippen molar-refractivity contribution in [2.75, 3.05) is 36.9 Å². The van der Waals surface area contributed by atoms with Gasteiger partial charge in [0, 0.05) is 26.2 Å². The minimum absolute atomic E-state index is 0.337. The molecule has 1 rings (SSSR count). The van der Waals surface area contributed by atoms with Crippen LogP contribution in [0.25, 0.3) is 0 Å². The van der Waals surface area contributed by atoms with Crippen LogP contribution in [-0.2, 0) is 0 Å². The van der Waals surface area contributed by atoms with E-state index in [1.54, 1.807) is 6.33 Å². The van der Waals surface area contributed by atoms with Gasteiger partial charge in [-0.15, -0.1) is 0 Å². The zero-order chi connectivity index (χ0) is 14.3. The average Bonchev–Trinajstić information content (AvgIpc) is 2.36. The molecule has 0 atom stereocenters. The molecule has 0 aliphatic rings. The SMILES string of the molecule is CN(CCC(C)(C)C)c1cc(NCCCN)ncn1. The lowest BCUT2D eigenvalue weighted by atomic mass is 9.92. The van der Waals surface area contributed by atoms with Crippen LogP contribution >= 0.6 is 0 Å². The van der Waals surface area contributed by atoms with Gasteiger partial charge in [-0.2, -0.15) is 0 Å². The Bertz CT molecular complexity index is 372. The Morgan fingerprint density at radius 2 is 2.05 bits per heavy atom. The molecule has 1 aromatic heterocycles. The predicted octanol–water partition coefficient (Wildman–Crippen LogP) is 2.11. The summed E-state index contributed by atoms with van der Waals surface area (Å²) in [6.45, 7) is 9.28. The maximum absolute atomic E-state index is 5.47. The summed E-state index contributed by atoms with van der Waals surface area (Å²) in [5, 5.41) is 3.26. The number of nitrogens with one attached hydrogen (secondary N) is 1. The Hall–Kier alpha value is -1.36. The summed E-state index contributed by atoms with van der Waals surface area (Å²) in [7, 11) is 2.07. The Morgan fingerprint density at radius 3 is 2.68 bits per heavy atom. The van der Waals surface area contributed by atoms with Crippen molar-refractivity contribution in [3.8, 4) is 0 Å². The Balaban J connectivity index is 2.55. The van der Waals surface area contributed by atoms with Crippen LogP contribution in [-0.4, -0.2) is 36.6 Å². The van der Waals surface area contributed by atoms with E-state index in [2.05, 4.69) is 48.0 Å². The first kappa shape index (κ1) is 15.7. The summed E-state index contributed by atoms with van der Waals surface area (Å²) in [6, 6.07) is 1.99. The molecule has 5 heteroatoms. The fourth-order valence-electron chi connectivity index (χ4n) is 1.59. The van der Waals surface area contributed by atoms with Gasteiger partial charge in [0.2, 0.25) is 0 Å². The van der Waals surface area contributed by atoms with E-state index < -0.39 is 0 Å². The number of nitrogens with two attached hydrogens (primary N) is 1. The summed E-state index contributed by atoms with van der Waals surface area (Å²) in [6.07, 6.45) is 3.68. The highest BCUT2D eigenvalue weighted by Gasteiger charge is 2.12. The van der Waals surface area contributed by atoms with Crippen LogP contribution in [0.15, 0.2) is 12.4 Å². The molecule has 0 saturated heterocycles. The summed E-state index contributed by atoms with van der Waals surface area (Å²) in [5.74, 6) is 1.82.